The van der Waals surface area contributed by atoms with Crippen LogP contribution in [0.1, 0.15) is 22.5 Å². The summed E-state index contributed by atoms with van der Waals surface area (Å²) < 4.78 is 0. The first-order chi connectivity index (χ1) is 9.34. The standard InChI is InChI=1S/C16H12N2O/c19-16(14-9-3-4-11-17-14)15-10-5-7-12-6-1-2-8-13(12)18-15/h1-9,11H,10H2. The van der Waals surface area contributed by atoms with E-state index in [1.807, 2.05) is 36.4 Å². The van der Waals surface area contributed by atoms with Crippen LogP contribution < -0.4 is 0 Å². The number of aliphatic imine (C=N–C) groups is 1. The van der Waals surface area contributed by atoms with Gasteiger partial charge >= 0.3 is 0 Å². The SMILES string of the molecule is O=C(C1=Nc2ccccc2C=CC1)c1ccccn1. The van der Waals surface area contributed by atoms with Crippen molar-refractivity contribution in [2.45, 2.75) is 6.42 Å². The molecular weight excluding hydrogens is 236 g/mol. The minimum Gasteiger partial charge on any atom is -0.285 e. The Hall–Kier alpha value is -2.55. The first kappa shape index (κ1) is 11.5. The third kappa shape index (κ3) is 2.36. The van der Waals surface area contributed by atoms with Gasteiger partial charge in [0.05, 0.1) is 11.4 Å². The summed E-state index contributed by atoms with van der Waals surface area (Å²) in [5.74, 6) is -0.109. The highest BCUT2D eigenvalue weighted by atomic mass is 16.1. The fourth-order valence-corrected chi connectivity index (χ4v) is 2.01. The molecule has 3 rings (SSSR count). The van der Waals surface area contributed by atoms with Gasteiger partial charge in [-0.1, -0.05) is 36.4 Å². The lowest BCUT2D eigenvalue weighted by molar-refractivity contribution is 0.106. The number of ketones is 1. The molecule has 0 atom stereocenters. The number of nitrogens with zero attached hydrogens (tertiary/aromatic N) is 2. The van der Waals surface area contributed by atoms with Crippen molar-refractivity contribution in [1.82, 2.24) is 4.98 Å². The van der Waals surface area contributed by atoms with Crippen LogP contribution in [0.15, 0.2) is 59.7 Å². The number of Topliss-reactive ketones (excluding diaryl/α,β-unsaturated/α-hetero) is 1. The molecule has 0 radical (unpaired) electrons. The van der Waals surface area contributed by atoms with Crippen LogP contribution in [0, 0.1) is 0 Å². The molecule has 92 valence electrons. The number of fused-ring (bicyclic) bond motifs is 1. The van der Waals surface area contributed by atoms with Gasteiger partial charge in [-0.2, -0.15) is 0 Å². The van der Waals surface area contributed by atoms with E-state index in [2.05, 4.69) is 9.98 Å². The third-order valence-electron chi connectivity index (χ3n) is 2.96. The van der Waals surface area contributed by atoms with Crippen molar-refractivity contribution in [3.05, 3.63) is 66.0 Å². The van der Waals surface area contributed by atoms with Gasteiger partial charge in [0.15, 0.2) is 0 Å². The molecule has 0 amide bonds. The summed E-state index contributed by atoms with van der Waals surface area (Å²) in [5, 5.41) is 0. The van der Waals surface area contributed by atoms with E-state index in [9.17, 15) is 4.79 Å². The Bertz CT molecular complexity index is 672. The van der Waals surface area contributed by atoms with Gasteiger partial charge in [-0.05, 0) is 23.8 Å². The Labute approximate surface area is 111 Å². The van der Waals surface area contributed by atoms with Crippen molar-refractivity contribution < 1.29 is 4.79 Å². The number of carbonyl (C=O) groups excluding carboxylic acids is 1. The van der Waals surface area contributed by atoms with Crippen LogP contribution in [0.2, 0.25) is 0 Å². The van der Waals surface area contributed by atoms with Gasteiger partial charge < -0.3 is 0 Å². The number of rotatable bonds is 2. The topological polar surface area (TPSA) is 42.3 Å². The lowest BCUT2D eigenvalue weighted by atomic mass is 10.1. The molecule has 0 bridgehead atoms. The zero-order valence-corrected chi connectivity index (χ0v) is 10.3. The summed E-state index contributed by atoms with van der Waals surface area (Å²) in [4.78, 5) is 20.9. The molecule has 0 saturated carbocycles. The molecule has 1 aliphatic heterocycles. The van der Waals surface area contributed by atoms with Crippen molar-refractivity contribution in [3.8, 4) is 0 Å². The Morgan fingerprint density at radius 2 is 1.89 bits per heavy atom. The minimum absolute atomic E-state index is 0.109. The Kier molecular flexibility index (Phi) is 3.02. The predicted octanol–water partition coefficient (Wildman–Crippen LogP) is 3.45. The molecule has 0 N–H and O–H groups in total. The number of aromatic nitrogens is 1. The number of allylic oxidation sites excluding steroid dienone is 1. The van der Waals surface area contributed by atoms with Crippen molar-refractivity contribution in [2.24, 2.45) is 4.99 Å². The first-order valence-corrected chi connectivity index (χ1v) is 6.13. The van der Waals surface area contributed by atoms with Crippen LogP contribution in [0.4, 0.5) is 5.69 Å². The zero-order valence-electron chi connectivity index (χ0n) is 10.3. The fourth-order valence-electron chi connectivity index (χ4n) is 2.01. The van der Waals surface area contributed by atoms with Crippen LogP contribution >= 0.6 is 0 Å². The van der Waals surface area contributed by atoms with E-state index in [1.54, 1.807) is 24.4 Å². The number of hydrogen-bond acceptors (Lipinski definition) is 3. The molecule has 0 fully saturated rings. The zero-order chi connectivity index (χ0) is 13.1. The molecule has 1 aliphatic rings. The Morgan fingerprint density at radius 3 is 2.74 bits per heavy atom. The van der Waals surface area contributed by atoms with E-state index < -0.39 is 0 Å². The number of benzene rings is 1. The second-order valence-corrected chi connectivity index (χ2v) is 4.27. The maximum Gasteiger partial charge on any atom is 0.225 e. The third-order valence-corrected chi connectivity index (χ3v) is 2.96. The minimum atomic E-state index is -0.109. The lowest BCUT2D eigenvalue weighted by Gasteiger charge is -2.02. The molecule has 0 aliphatic carbocycles. The summed E-state index contributed by atoms with van der Waals surface area (Å²) in [5.41, 5.74) is 2.83. The number of hydrogen-bond donors (Lipinski definition) is 0. The summed E-state index contributed by atoms with van der Waals surface area (Å²) in [7, 11) is 0. The fraction of sp³-hybridized carbons (Fsp3) is 0.0625. The van der Waals surface area contributed by atoms with E-state index in [4.69, 9.17) is 0 Å². The van der Waals surface area contributed by atoms with E-state index in [0.29, 0.717) is 17.8 Å². The van der Waals surface area contributed by atoms with Crippen LogP contribution in [-0.2, 0) is 0 Å². The van der Waals surface area contributed by atoms with Gasteiger partial charge in [0.25, 0.3) is 0 Å². The second-order valence-electron chi connectivity index (χ2n) is 4.27. The first-order valence-electron chi connectivity index (χ1n) is 6.13. The van der Waals surface area contributed by atoms with Gasteiger partial charge in [-0.3, -0.25) is 9.78 Å². The largest absolute Gasteiger partial charge is 0.285 e. The van der Waals surface area contributed by atoms with Crippen LogP contribution in [-0.4, -0.2) is 16.5 Å². The van der Waals surface area contributed by atoms with Gasteiger partial charge in [0, 0.05) is 12.6 Å². The highest BCUT2D eigenvalue weighted by Crippen LogP contribution is 2.24. The normalized spacial score (nSPS) is 13.4. The molecule has 1 aromatic carbocycles. The Morgan fingerprint density at radius 1 is 1.05 bits per heavy atom. The maximum atomic E-state index is 12.3. The molecule has 3 heteroatoms. The van der Waals surface area contributed by atoms with Gasteiger partial charge in [0.1, 0.15) is 5.69 Å². The van der Waals surface area contributed by atoms with Gasteiger partial charge in [0.2, 0.25) is 5.78 Å². The monoisotopic (exact) mass is 248 g/mol. The molecular formula is C16H12N2O. The molecule has 19 heavy (non-hydrogen) atoms. The van der Waals surface area contributed by atoms with E-state index in [1.165, 1.54) is 0 Å². The molecule has 2 aromatic rings. The molecule has 1 aromatic heterocycles. The summed E-state index contributed by atoms with van der Waals surface area (Å²) in [6.07, 6.45) is 6.11. The number of para-hydroxylation sites is 1. The maximum absolute atomic E-state index is 12.3. The number of pyridine rings is 1. The summed E-state index contributed by atoms with van der Waals surface area (Å²) >= 11 is 0. The molecule has 0 unspecified atom stereocenters. The van der Waals surface area contributed by atoms with Crippen LogP contribution in [0.3, 0.4) is 0 Å². The molecule has 0 saturated heterocycles. The molecule has 2 heterocycles. The highest BCUT2D eigenvalue weighted by molar-refractivity contribution is 6.46. The van der Waals surface area contributed by atoms with Crippen molar-refractivity contribution in [3.63, 3.8) is 0 Å². The predicted molar refractivity (Wildman–Crippen MR) is 75.8 cm³/mol. The average molecular weight is 248 g/mol. The smallest absolute Gasteiger partial charge is 0.225 e. The van der Waals surface area contributed by atoms with E-state index >= 15 is 0 Å². The van der Waals surface area contributed by atoms with E-state index in [0.717, 1.165) is 11.3 Å². The van der Waals surface area contributed by atoms with Crippen molar-refractivity contribution in [2.75, 3.05) is 0 Å². The van der Waals surface area contributed by atoms with Crippen molar-refractivity contribution >= 4 is 23.3 Å². The lowest BCUT2D eigenvalue weighted by Crippen LogP contribution is -2.14. The summed E-state index contributed by atoms with van der Waals surface area (Å²) in [6.45, 7) is 0. The quantitative estimate of drug-likeness (QED) is 0.764. The summed E-state index contributed by atoms with van der Waals surface area (Å²) in [6, 6.07) is 13.1. The highest BCUT2D eigenvalue weighted by Gasteiger charge is 2.16. The number of carbonyl (C=O) groups is 1. The Balaban J connectivity index is 2.01. The molecule has 3 nitrogen and oxygen atoms in total. The van der Waals surface area contributed by atoms with Crippen LogP contribution in [0.5, 0.6) is 0 Å². The van der Waals surface area contributed by atoms with Crippen molar-refractivity contribution in [1.29, 1.82) is 0 Å². The van der Waals surface area contributed by atoms with Gasteiger partial charge in [-0.15, -0.1) is 0 Å². The average Bonchev–Trinajstić information content (AvgIpc) is 2.69. The molecule has 0 spiro atoms. The van der Waals surface area contributed by atoms with Gasteiger partial charge in [-0.25, -0.2) is 4.99 Å². The van der Waals surface area contributed by atoms with Crippen LogP contribution in [0.25, 0.3) is 6.08 Å². The van der Waals surface area contributed by atoms with E-state index in [-0.39, 0.29) is 5.78 Å². The second kappa shape index (κ2) is 4.98.